The first-order valence-corrected chi connectivity index (χ1v) is 9.03. The summed E-state index contributed by atoms with van der Waals surface area (Å²) in [7, 11) is 1.63. The van der Waals surface area contributed by atoms with E-state index >= 15 is 0 Å². The van der Waals surface area contributed by atoms with Gasteiger partial charge in [-0.2, -0.15) is 0 Å². The number of nitrogens with zero attached hydrogens (tertiary/aromatic N) is 4. The van der Waals surface area contributed by atoms with Gasteiger partial charge in [0.1, 0.15) is 17.0 Å². The van der Waals surface area contributed by atoms with Gasteiger partial charge in [-0.3, -0.25) is 4.79 Å². The van der Waals surface area contributed by atoms with Gasteiger partial charge in [0.25, 0.3) is 5.91 Å². The second-order valence-corrected chi connectivity index (χ2v) is 6.36. The molecule has 0 saturated carbocycles. The number of carbonyl (C=O) groups excluding carboxylic acids is 1. The number of rotatable bonds is 7. The van der Waals surface area contributed by atoms with Crippen LogP contribution in [-0.4, -0.2) is 32.6 Å². The molecule has 7 nitrogen and oxygen atoms in total. The highest BCUT2D eigenvalue weighted by atomic mass is 32.1. The van der Waals surface area contributed by atoms with E-state index in [1.165, 1.54) is 6.33 Å². The van der Waals surface area contributed by atoms with Gasteiger partial charge in [-0.25, -0.2) is 9.97 Å². The summed E-state index contributed by atoms with van der Waals surface area (Å²) in [6.07, 6.45) is 3.16. The highest BCUT2D eigenvalue weighted by Gasteiger charge is 2.15. The number of carbonyl (C=O) groups is 1. The zero-order valence-electron chi connectivity index (χ0n) is 14.6. The number of aromatic nitrogens is 4. The predicted octanol–water partition coefficient (Wildman–Crippen LogP) is 2.89. The lowest BCUT2D eigenvalue weighted by molar-refractivity contribution is 0.0953. The molecule has 1 aromatic carbocycles. The van der Waals surface area contributed by atoms with E-state index in [1.54, 1.807) is 7.11 Å². The van der Waals surface area contributed by atoms with E-state index < -0.39 is 0 Å². The van der Waals surface area contributed by atoms with Crippen molar-refractivity contribution in [2.24, 2.45) is 0 Å². The average Bonchev–Trinajstić information content (AvgIpc) is 3.15. The van der Waals surface area contributed by atoms with Crippen LogP contribution in [-0.2, 0) is 13.0 Å². The van der Waals surface area contributed by atoms with Crippen molar-refractivity contribution in [1.29, 1.82) is 0 Å². The summed E-state index contributed by atoms with van der Waals surface area (Å²) in [5.74, 6) is 0.615. The van der Waals surface area contributed by atoms with Crippen LogP contribution in [0.5, 0.6) is 5.75 Å². The average molecular weight is 369 g/mol. The van der Waals surface area contributed by atoms with Crippen molar-refractivity contribution in [1.82, 2.24) is 24.9 Å². The number of hydrogen-bond acceptors (Lipinski definition) is 7. The standard InChI is InChI=1S/C18H19N5O2S/c1-3-4-15-17(26-23-22-15)18(24)19-10-13-9-16(21-11-20-13)12-5-7-14(25-2)8-6-12/h5-9,11H,3-4,10H2,1-2H3,(H,19,24). The normalized spacial score (nSPS) is 10.5. The van der Waals surface area contributed by atoms with Crippen LogP contribution in [0.15, 0.2) is 36.7 Å². The summed E-state index contributed by atoms with van der Waals surface area (Å²) in [5, 5.41) is 6.90. The Kier molecular flexibility index (Phi) is 5.85. The van der Waals surface area contributed by atoms with Gasteiger partial charge in [0, 0.05) is 5.56 Å². The molecule has 0 spiro atoms. The van der Waals surface area contributed by atoms with E-state index in [2.05, 4.69) is 24.9 Å². The third-order valence-electron chi connectivity index (χ3n) is 3.79. The van der Waals surface area contributed by atoms with Crippen molar-refractivity contribution in [3.05, 3.63) is 52.9 Å². The molecule has 0 atom stereocenters. The van der Waals surface area contributed by atoms with Crippen molar-refractivity contribution in [2.45, 2.75) is 26.3 Å². The van der Waals surface area contributed by atoms with Crippen molar-refractivity contribution < 1.29 is 9.53 Å². The molecule has 2 heterocycles. The minimum Gasteiger partial charge on any atom is -0.497 e. The molecule has 0 bridgehead atoms. The Morgan fingerprint density at radius 2 is 2.04 bits per heavy atom. The first kappa shape index (κ1) is 17.9. The topological polar surface area (TPSA) is 89.9 Å². The number of aryl methyl sites for hydroxylation is 1. The minimum absolute atomic E-state index is 0.173. The molecule has 0 aliphatic rings. The molecule has 134 valence electrons. The summed E-state index contributed by atoms with van der Waals surface area (Å²) in [6.45, 7) is 2.36. The Morgan fingerprint density at radius 3 is 2.77 bits per heavy atom. The first-order chi connectivity index (χ1) is 12.7. The van der Waals surface area contributed by atoms with E-state index in [9.17, 15) is 4.79 Å². The molecule has 0 aliphatic carbocycles. The number of amides is 1. The maximum atomic E-state index is 12.4. The second kappa shape index (κ2) is 8.48. The summed E-state index contributed by atoms with van der Waals surface area (Å²) >= 11 is 1.12. The van der Waals surface area contributed by atoms with Gasteiger partial charge in [0.15, 0.2) is 0 Å². The van der Waals surface area contributed by atoms with E-state index in [4.69, 9.17) is 4.74 Å². The fourth-order valence-corrected chi connectivity index (χ4v) is 3.07. The van der Waals surface area contributed by atoms with Gasteiger partial charge in [-0.15, -0.1) is 5.10 Å². The molecule has 1 amide bonds. The molecular weight excluding hydrogens is 350 g/mol. The van der Waals surface area contributed by atoms with Crippen molar-refractivity contribution in [3.8, 4) is 17.0 Å². The maximum absolute atomic E-state index is 12.4. The highest BCUT2D eigenvalue weighted by molar-refractivity contribution is 7.08. The lowest BCUT2D eigenvalue weighted by Crippen LogP contribution is -2.23. The highest BCUT2D eigenvalue weighted by Crippen LogP contribution is 2.20. The maximum Gasteiger partial charge on any atom is 0.265 e. The van der Waals surface area contributed by atoms with Crippen molar-refractivity contribution >= 4 is 17.4 Å². The van der Waals surface area contributed by atoms with Gasteiger partial charge < -0.3 is 10.1 Å². The van der Waals surface area contributed by atoms with Crippen LogP contribution < -0.4 is 10.1 Å². The molecule has 1 N–H and O–H groups in total. The van der Waals surface area contributed by atoms with Gasteiger partial charge in [0.05, 0.1) is 30.7 Å². The molecule has 0 saturated heterocycles. The first-order valence-electron chi connectivity index (χ1n) is 8.26. The van der Waals surface area contributed by atoms with Crippen LogP contribution in [0.3, 0.4) is 0 Å². The van der Waals surface area contributed by atoms with Crippen LogP contribution in [0.4, 0.5) is 0 Å². The zero-order valence-corrected chi connectivity index (χ0v) is 15.4. The SMILES string of the molecule is CCCc1nnsc1C(=O)NCc1cc(-c2ccc(OC)cc2)ncn1. The molecule has 3 aromatic rings. The fraction of sp³-hybridized carbons (Fsp3) is 0.278. The molecule has 0 fully saturated rings. The van der Waals surface area contributed by atoms with Crippen LogP contribution >= 0.6 is 11.5 Å². The third kappa shape index (κ3) is 4.20. The van der Waals surface area contributed by atoms with E-state index in [0.29, 0.717) is 11.4 Å². The second-order valence-electron chi connectivity index (χ2n) is 5.60. The number of methoxy groups -OCH3 is 1. The molecule has 0 unspecified atom stereocenters. The van der Waals surface area contributed by atoms with Crippen LogP contribution in [0, 0.1) is 0 Å². The van der Waals surface area contributed by atoms with E-state index in [-0.39, 0.29) is 5.91 Å². The Balaban J connectivity index is 1.68. The molecule has 2 aromatic heterocycles. The summed E-state index contributed by atoms with van der Waals surface area (Å²) < 4.78 is 9.05. The minimum atomic E-state index is -0.173. The predicted molar refractivity (Wildman–Crippen MR) is 99.1 cm³/mol. The Hall–Kier alpha value is -2.87. The van der Waals surface area contributed by atoms with Crippen LogP contribution in [0.1, 0.15) is 34.4 Å². The molecule has 26 heavy (non-hydrogen) atoms. The number of benzene rings is 1. The van der Waals surface area contributed by atoms with Crippen LogP contribution in [0.2, 0.25) is 0 Å². The zero-order chi connectivity index (χ0) is 18.4. The van der Waals surface area contributed by atoms with E-state index in [0.717, 1.165) is 52.8 Å². The van der Waals surface area contributed by atoms with Gasteiger partial charge in [0.2, 0.25) is 0 Å². The number of hydrogen-bond donors (Lipinski definition) is 1. The van der Waals surface area contributed by atoms with Gasteiger partial charge in [-0.05, 0) is 48.3 Å². The summed E-state index contributed by atoms with van der Waals surface area (Å²) in [5.41, 5.74) is 3.22. The summed E-state index contributed by atoms with van der Waals surface area (Å²) in [6, 6.07) is 9.49. The van der Waals surface area contributed by atoms with Gasteiger partial charge in [-0.1, -0.05) is 17.8 Å². The van der Waals surface area contributed by atoms with Crippen molar-refractivity contribution in [3.63, 3.8) is 0 Å². The fourth-order valence-electron chi connectivity index (χ4n) is 2.45. The Bertz CT molecular complexity index is 879. The quantitative estimate of drug-likeness (QED) is 0.689. The molecule has 8 heteroatoms. The molecule has 0 aliphatic heterocycles. The Labute approximate surface area is 155 Å². The smallest absolute Gasteiger partial charge is 0.265 e. The molecule has 0 radical (unpaired) electrons. The van der Waals surface area contributed by atoms with Gasteiger partial charge >= 0.3 is 0 Å². The monoisotopic (exact) mass is 369 g/mol. The van der Waals surface area contributed by atoms with Crippen molar-refractivity contribution in [2.75, 3.05) is 7.11 Å². The summed E-state index contributed by atoms with van der Waals surface area (Å²) in [4.78, 5) is 21.5. The number of nitrogens with one attached hydrogen (secondary N) is 1. The van der Waals surface area contributed by atoms with Crippen LogP contribution in [0.25, 0.3) is 11.3 Å². The lowest BCUT2D eigenvalue weighted by Gasteiger charge is -2.07. The largest absolute Gasteiger partial charge is 0.497 e. The van der Waals surface area contributed by atoms with E-state index in [1.807, 2.05) is 37.3 Å². The molecular formula is C18H19N5O2S. The number of ether oxygens (including phenoxy) is 1. The lowest BCUT2D eigenvalue weighted by atomic mass is 10.1. The Morgan fingerprint density at radius 1 is 1.23 bits per heavy atom. The third-order valence-corrected chi connectivity index (χ3v) is 4.56. The molecule has 3 rings (SSSR count).